The molecule has 0 radical (unpaired) electrons. The number of carbonyl (C=O) groups is 1. The maximum absolute atomic E-state index is 13.0. The second kappa shape index (κ2) is 10.4. The number of amides is 1. The number of aliphatic hydroxyl groups is 1. The number of hydrogen-bond donors (Lipinski definition) is 2. The fourth-order valence-electron chi connectivity index (χ4n) is 2.66. The molecule has 3 N–H and O–H groups in total. The van der Waals surface area contributed by atoms with Crippen LogP contribution in [0.2, 0.25) is 0 Å². The van der Waals surface area contributed by atoms with Crippen molar-refractivity contribution in [2.24, 2.45) is 21.2 Å². The van der Waals surface area contributed by atoms with Gasteiger partial charge in [-0.05, 0) is 44.2 Å². The zero-order chi connectivity index (χ0) is 22.1. The molecule has 0 unspecified atom stereocenters. The van der Waals surface area contributed by atoms with Gasteiger partial charge in [0.2, 0.25) is 5.95 Å². The molecular formula is C20H28N8O2. The van der Waals surface area contributed by atoms with E-state index < -0.39 is 5.60 Å². The number of aromatic nitrogens is 2. The van der Waals surface area contributed by atoms with E-state index >= 15 is 0 Å². The van der Waals surface area contributed by atoms with Crippen LogP contribution in [0.1, 0.15) is 36.8 Å². The highest BCUT2D eigenvalue weighted by molar-refractivity contribution is 5.98. The van der Waals surface area contributed by atoms with Gasteiger partial charge in [-0.15, -0.1) is 10.2 Å². The van der Waals surface area contributed by atoms with Crippen LogP contribution in [0.25, 0.3) is 0 Å². The Morgan fingerprint density at radius 3 is 2.67 bits per heavy atom. The van der Waals surface area contributed by atoms with Crippen LogP contribution in [-0.2, 0) is 5.60 Å². The van der Waals surface area contributed by atoms with E-state index in [1.54, 1.807) is 55.3 Å². The second-order valence-electron chi connectivity index (χ2n) is 7.08. The van der Waals surface area contributed by atoms with E-state index in [2.05, 4.69) is 25.4 Å². The largest absolute Gasteiger partial charge is 0.388 e. The number of benzene rings is 1. The van der Waals surface area contributed by atoms with Gasteiger partial charge >= 0.3 is 0 Å². The van der Waals surface area contributed by atoms with Crippen LogP contribution in [0.4, 0.5) is 11.6 Å². The minimum Gasteiger partial charge on any atom is -0.388 e. The molecule has 2 aromatic rings. The average molecular weight is 412 g/mol. The van der Waals surface area contributed by atoms with Gasteiger partial charge in [0.25, 0.3) is 5.91 Å². The zero-order valence-corrected chi connectivity index (χ0v) is 17.7. The summed E-state index contributed by atoms with van der Waals surface area (Å²) in [5.41, 5.74) is 5.48. The van der Waals surface area contributed by atoms with Crippen molar-refractivity contribution in [2.75, 3.05) is 31.6 Å². The number of likely N-dealkylation sites (N-methyl/N-ethyl adjacent to an activating group) is 2. The normalized spacial score (nSPS) is 11.9. The Hall–Kier alpha value is -3.40. The Labute approximate surface area is 176 Å². The Balaban J connectivity index is 2.12. The molecule has 0 spiro atoms. The minimum atomic E-state index is -1.06. The molecule has 0 aliphatic carbocycles. The van der Waals surface area contributed by atoms with Gasteiger partial charge in [-0.2, -0.15) is 0 Å². The maximum atomic E-state index is 13.0. The Bertz CT molecular complexity index is 908. The Morgan fingerprint density at radius 2 is 2.00 bits per heavy atom. The van der Waals surface area contributed by atoms with E-state index in [4.69, 9.17) is 5.73 Å². The van der Waals surface area contributed by atoms with Crippen LogP contribution < -0.4 is 10.6 Å². The molecule has 1 heterocycles. The number of hydrogen-bond acceptors (Lipinski definition) is 7. The molecule has 0 bridgehead atoms. The molecule has 1 aromatic heterocycles. The molecule has 0 aliphatic heterocycles. The lowest BCUT2D eigenvalue weighted by Gasteiger charge is -2.26. The quantitative estimate of drug-likeness (QED) is 0.281. The zero-order valence-electron chi connectivity index (χ0n) is 17.7. The van der Waals surface area contributed by atoms with Gasteiger partial charge in [-0.25, -0.2) is 9.97 Å². The molecule has 0 atom stereocenters. The second-order valence-corrected chi connectivity index (χ2v) is 7.08. The maximum Gasteiger partial charge on any atom is 0.256 e. The van der Waals surface area contributed by atoms with Crippen molar-refractivity contribution in [3.05, 3.63) is 47.8 Å². The highest BCUT2D eigenvalue weighted by atomic mass is 16.3. The summed E-state index contributed by atoms with van der Waals surface area (Å²) < 4.78 is 0. The molecule has 0 fully saturated rings. The first kappa shape index (κ1) is 22.9. The molecular weight excluding hydrogens is 384 g/mol. The number of carbonyl (C=O) groups excluding carboxylic acids is 1. The van der Waals surface area contributed by atoms with Gasteiger partial charge in [0.05, 0.1) is 11.3 Å². The molecule has 0 saturated carbocycles. The molecule has 10 nitrogen and oxygen atoms in total. The third-order valence-corrected chi connectivity index (χ3v) is 4.39. The highest BCUT2D eigenvalue weighted by Crippen LogP contribution is 2.21. The molecule has 0 saturated heterocycles. The van der Waals surface area contributed by atoms with Crippen molar-refractivity contribution in [2.45, 2.75) is 26.4 Å². The molecule has 1 amide bonds. The van der Waals surface area contributed by atoms with Gasteiger partial charge in [0, 0.05) is 32.9 Å². The van der Waals surface area contributed by atoms with Gasteiger partial charge < -0.3 is 20.6 Å². The lowest BCUT2D eigenvalue weighted by atomic mass is 10.1. The fourth-order valence-corrected chi connectivity index (χ4v) is 2.66. The van der Waals surface area contributed by atoms with Crippen LogP contribution in [0.5, 0.6) is 0 Å². The van der Waals surface area contributed by atoms with Crippen molar-refractivity contribution >= 4 is 23.9 Å². The van der Waals surface area contributed by atoms with E-state index in [-0.39, 0.29) is 5.91 Å². The lowest BCUT2D eigenvalue weighted by Crippen LogP contribution is -2.38. The molecule has 1 aromatic carbocycles. The van der Waals surface area contributed by atoms with Crippen LogP contribution in [0.15, 0.2) is 52.0 Å². The van der Waals surface area contributed by atoms with E-state index in [9.17, 15) is 9.90 Å². The van der Waals surface area contributed by atoms with E-state index in [0.29, 0.717) is 42.5 Å². The Morgan fingerprint density at radius 1 is 1.27 bits per heavy atom. The SMILES string of the molecule is CCN(CCN(C)c1nccc(C(C)(C)O)n1)C(=O)c1ccccc1N=N/N=C\N. The number of anilines is 1. The third-order valence-electron chi connectivity index (χ3n) is 4.39. The average Bonchev–Trinajstić information content (AvgIpc) is 2.74. The van der Waals surface area contributed by atoms with Crippen LogP contribution in [0.3, 0.4) is 0 Å². The molecule has 30 heavy (non-hydrogen) atoms. The molecule has 160 valence electrons. The minimum absolute atomic E-state index is 0.164. The van der Waals surface area contributed by atoms with Crippen molar-refractivity contribution in [3.63, 3.8) is 0 Å². The number of nitrogens with two attached hydrogens (primary N) is 1. The summed E-state index contributed by atoms with van der Waals surface area (Å²) in [6, 6.07) is 8.62. The first-order valence-corrected chi connectivity index (χ1v) is 9.57. The molecule has 2 rings (SSSR count). The highest BCUT2D eigenvalue weighted by Gasteiger charge is 2.21. The van der Waals surface area contributed by atoms with Gasteiger partial charge in [-0.3, -0.25) is 4.79 Å². The smallest absolute Gasteiger partial charge is 0.256 e. The van der Waals surface area contributed by atoms with Crippen molar-refractivity contribution < 1.29 is 9.90 Å². The summed E-state index contributed by atoms with van der Waals surface area (Å²) in [6.45, 7) is 6.73. The summed E-state index contributed by atoms with van der Waals surface area (Å²) in [6.07, 6.45) is 2.64. The summed E-state index contributed by atoms with van der Waals surface area (Å²) in [7, 11) is 1.84. The topological polar surface area (TPSA) is 133 Å². The van der Waals surface area contributed by atoms with Crippen LogP contribution in [0, 0.1) is 0 Å². The third kappa shape index (κ3) is 6.05. The van der Waals surface area contributed by atoms with Crippen molar-refractivity contribution in [1.82, 2.24) is 14.9 Å². The van der Waals surface area contributed by atoms with Gasteiger partial charge in [0.1, 0.15) is 17.6 Å². The van der Waals surface area contributed by atoms with E-state index in [1.165, 1.54) is 0 Å². The van der Waals surface area contributed by atoms with E-state index in [1.807, 2.05) is 18.9 Å². The van der Waals surface area contributed by atoms with Crippen molar-refractivity contribution in [3.8, 4) is 0 Å². The Kier molecular flexibility index (Phi) is 7.93. The summed E-state index contributed by atoms with van der Waals surface area (Å²) in [5.74, 6) is 0.315. The number of rotatable bonds is 9. The summed E-state index contributed by atoms with van der Waals surface area (Å²) in [5, 5.41) is 21.2. The molecule has 0 aliphatic rings. The fraction of sp³-hybridized carbons (Fsp3) is 0.400. The first-order valence-electron chi connectivity index (χ1n) is 9.57. The lowest BCUT2D eigenvalue weighted by molar-refractivity contribution is 0.0738. The van der Waals surface area contributed by atoms with Crippen LogP contribution >= 0.6 is 0 Å². The van der Waals surface area contributed by atoms with E-state index in [0.717, 1.165) is 6.34 Å². The number of nitrogens with zero attached hydrogens (tertiary/aromatic N) is 7. The molecule has 10 heteroatoms. The van der Waals surface area contributed by atoms with Crippen molar-refractivity contribution in [1.29, 1.82) is 0 Å². The standard InChI is InChI=1S/C20H28N8O2/c1-5-28(18(29)15-8-6-7-9-16(15)25-26-23-14-21)13-12-27(4)19-22-11-10-17(24-19)20(2,3)30/h6-11,14,30H,5,12-13H2,1-4H3,(H2,21,23,25). The predicted octanol–water partition coefficient (Wildman–Crippen LogP) is 2.29. The summed E-state index contributed by atoms with van der Waals surface area (Å²) in [4.78, 5) is 25.3. The predicted molar refractivity (Wildman–Crippen MR) is 116 cm³/mol. The van der Waals surface area contributed by atoms with Crippen LogP contribution in [-0.4, -0.2) is 58.9 Å². The first-order chi connectivity index (χ1) is 14.3. The van der Waals surface area contributed by atoms with Gasteiger partial charge in [-0.1, -0.05) is 12.1 Å². The summed E-state index contributed by atoms with van der Waals surface area (Å²) >= 11 is 0. The van der Waals surface area contributed by atoms with Gasteiger partial charge in [0.15, 0.2) is 0 Å². The monoisotopic (exact) mass is 412 g/mol.